The summed E-state index contributed by atoms with van der Waals surface area (Å²) in [4.78, 5) is 7.07. The van der Waals surface area contributed by atoms with Gasteiger partial charge in [-0.05, 0) is 44.0 Å². The minimum absolute atomic E-state index is 0.517. The molecule has 1 N–H and O–H groups in total. The van der Waals surface area contributed by atoms with Crippen molar-refractivity contribution in [3.63, 3.8) is 0 Å². The van der Waals surface area contributed by atoms with E-state index in [1.54, 1.807) is 0 Å². The predicted octanol–water partition coefficient (Wildman–Crippen LogP) is 5.42. The Bertz CT molecular complexity index is 930. The summed E-state index contributed by atoms with van der Waals surface area (Å²) in [5.74, 6) is 1.24. The lowest BCUT2D eigenvalue weighted by molar-refractivity contribution is 0.185. The second-order valence-corrected chi connectivity index (χ2v) is 8.04. The Hall–Kier alpha value is -2.66. The number of benzene rings is 2. The van der Waals surface area contributed by atoms with Crippen LogP contribution in [0, 0.1) is 6.92 Å². The zero-order valence-electron chi connectivity index (χ0n) is 17.4. The molecule has 0 saturated heterocycles. The molecule has 0 bridgehead atoms. The highest BCUT2D eigenvalue weighted by molar-refractivity contribution is 5.59. The maximum atomic E-state index is 5.48. The molecule has 1 aliphatic carbocycles. The second-order valence-electron chi connectivity index (χ2n) is 8.04. The van der Waals surface area contributed by atoms with Gasteiger partial charge in [0, 0.05) is 23.8 Å². The molecule has 0 amide bonds. The predicted molar refractivity (Wildman–Crippen MR) is 117 cm³/mol. The number of nitrogens with zero attached hydrogens (tertiary/aromatic N) is 3. The highest BCUT2D eigenvalue weighted by Gasteiger charge is 2.19. The number of para-hydroxylation sites is 1. The number of hydrogen-bond donors (Lipinski definition) is 1. The maximum Gasteiger partial charge on any atom is 0.246 e. The van der Waals surface area contributed by atoms with Crippen molar-refractivity contribution < 1.29 is 4.52 Å². The highest BCUT2D eigenvalue weighted by Crippen LogP contribution is 2.25. The van der Waals surface area contributed by atoms with E-state index in [-0.39, 0.29) is 0 Å². The summed E-state index contributed by atoms with van der Waals surface area (Å²) in [6.45, 7) is 3.53. The van der Waals surface area contributed by atoms with Gasteiger partial charge in [-0.2, -0.15) is 4.98 Å². The van der Waals surface area contributed by atoms with Crippen molar-refractivity contribution in [2.24, 2.45) is 0 Å². The molecule has 5 nitrogen and oxygen atoms in total. The van der Waals surface area contributed by atoms with Crippen molar-refractivity contribution in [3.05, 3.63) is 65.5 Å². The fourth-order valence-electron chi connectivity index (χ4n) is 4.18. The Morgan fingerprint density at radius 3 is 2.62 bits per heavy atom. The van der Waals surface area contributed by atoms with Crippen molar-refractivity contribution in [3.8, 4) is 11.4 Å². The van der Waals surface area contributed by atoms with Gasteiger partial charge in [0.2, 0.25) is 11.7 Å². The molecule has 4 rings (SSSR count). The summed E-state index contributed by atoms with van der Waals surface area (Å²) >= 11 is 0. The number of nitrogens with one attached hydrogen (secondary N) is 1. The van der Waals surface area contributed by atoms with Crippen LogP contribution in [-0.4, -0.2) is 28.1 Å². The third-order valence-electron chi connectivity index (χ3n) is 5.92. The van der Waals surface area contributed by atoms with Crippen LogP contribution in [0.2, 0.25) is 0 Å². The molecule has 0 radical (unpaired) electrons. The maximum absolute atomic E-state index is 5.48. The number of aryl methyl sites for hydroxylation is 1. The zero-order chi connectivity index (χ0) is 20.1. The zero-order valence-corrected chi connectivity index (χ0v) is 17.4. The lowest BCUT2D eigenvalue weighted by atomic mass is 9.94. The van der Waals surface area contributed by atoms with E-state index in [4.69, 9.17) is 4.52 Å². The van der Waals surface area contributed by atoms with Gasteiger partial charge >= 0.3 is 0 Å². The number of hydrogen-bond acceptors (Lipinski definition) is 5. The minimum atomic E-state index is 0.517. The smallest absolute Gasteiger partial charge is 0.246 e. The van der Waals surface area contributed by atoms with Gasteiger partial charge < -0.3 is 9.84 Å². The van der Waals surface area contributed by atoms with Gasteiger partial charge in [0.25, 0.3) is 0 Å². The molecule has 1 aliphatic rings. The summed E-state index contributed by atoms with van der Waals surface area (Å²) < 4.78 is 5.48. The van der Waals surface area contributed by atoms with E-state index in [2.05, 4.69) is 64.7 Å². The molecule has 3 aromatic rings. The normalized spacial score (nSPS) is 15.0. The lowest BCUT2D eigenvalue weighted by Crippen LogP contribution is -2.33. The van der Waals surface area contributed by atoms with Crippen LogP contribution in [0.5, 0.6) is 0 Å². The van der Waals surface area contributed by atoms with Crippen molar-refractivity contribution in [2.45, 2.75) is 58.2 Å². The average Bonchev–Trinajstić information content (AvgIpc) is 3.23. The Morgan fingerprint density at radius 2 is 1.79 bits per heavy atom. The van der Waals surface area contributed by atoms with E-state index in [1.165, 1.54) is 37.7 Å². The summed E-state index contributed by atoms with van der Waals surface area (Å²) in [5, 5.41) is 7.65. The molecule has 0 atom stereocenters. The van der Waals surface area contributed by atoms with Gasteiger partial charge in [0.1, 0.15) is 0 Å². The number of aromatic nitrogens is 2. The molecule has 29 heavy (non-hydrogen) atoms. The Morgan fingerprint density at radius 1 is 1.03 bits per heavy atom. The first-order valence-electron chi connectivity index (χ1n) is 10.6. The molecule has 5 heteroatoms. The topological polar surface area (TPSA) is 54.2 Å². The quantitative estimate of drug-likeness (QED) is 0.584. The first kappa shape index (κ1) is 19.6. The summed E-state index contributed by atoms with van der Waals surface area (Å²) in [5.41, 5.74) is 4.59. The molecule has 152 valence electrons. The van der Waals surface area contributed by atoms with Crippen LogP contribution in [0.1, 0.15) is 49.1 Å². The van der Waals surface area contributed by atoms with Gasteiger partial charge in [-0.15, -0.1) is 0 Å². The fraction of sp³-hybridized carbons (Fsp3) is 0.417. The van der Waals surface area contributed by atoms with E-state index in [0.29, 0.717) is 24.3 Å². The summed E-state index contributed by atoms with van der Waals surface area (Å²) in [7, 11) is 2.25. The molecule has 1 heterocycles. The van der Waals surface area contributed by atoms with Gasteiger partial charge in [-0.1, -0.05) is 66.9 Å². The van der Waals surface area contributed by atoms with Crippen molar-refractivity contribution in [2.75, 3.05) is 12.4 Å². The molecular weight excluding hydrogens is 360 g/mol. The summed E-state index contributed by atoms with van der Waals surface area (Å²) in [6, 6.07) is 17.3. The highest BCUT2D eigenvalue weighted by atomic mass is 16.5. The molecule has 1 fully saturated rings. The van der Waals surface area contributed by atoms with E-state index < -0.39 is 0 Å². The van der Waals surface area contributed by atoms with E-state index >= 15 is 0 Å². The van der Waals surface area contributed by atoms with Crippen molar-refractivity contribution in [1.29, 1.82) is 0 Å². The van der Waals surface area contributed by atoms with Gasteiger partial charge in [0.05, 0.1) is 6.54 Å². The van der Waals surface area contributed by atoms with Crippen molar-refractivity contribution >= 4 is 5.69 Å². The van der Waals surface area contributed by atoms with E-state index in [1.807, 2.05) is 18.2 Å². The Kier molecular flexibility index (Phi) is 6.25. The fourth-order valence-corrected chi connectivity index (χ4v) is 4.18. The first-order valence-corrected chi connectivity index (χ1v) is 10.6. The van der Waals surface area contributed by atoms with E-state index in [0.717, 1.165) is 23.4 Å². The molecule has 1 saturated carbocycles. The Labute approximate surface area is 173 Å². The minimum Gasteiger partial charge on any atom is -0.376 e. The molecule has 1 aromatic heterocycles. The molecule has 0 spiro atoms. The monoisotopic (exact) mass is 390 g/mol. The van der Waals surface area contributed by atoms with Gasteiger partial charge in [-0.25, -0.2) is 0 Å². The lowest BCUT2D eigenvalue weighted by Gasteiger charge is -2.31. The standard InChI is InChI=1S/C24H30N4O/c1-18-10-6-8-14-21(18)24-26-23(29-27-24)16-25-22-15-9-7-11-19(22)17-28(2)20-12-4-3-5-13-20/h6-11,14-15,20,25H,3-5,12-13,16-17H2,1-2H3. The molecular formula is C24H30N4O. The molecule has 0 unspecified atom stereocenters. The number of rotatable bonds is 7. The van der Waals surface area contributed by atoms with Crippen LogP contribution in [0.3, 0.4) is 0 Å². The summed E-state index contributed by atoms with van der Waals surface area (Å²) in [6.07, 6.45) is 6.73. The van der Waals surface area contributed by atoms with Gasteiger partial charge in [0.15, 0.2) is 0 Å². The van der Waals surface area contributed by atoms with Crippen LogP contribution in [-0.2, 0) is 13.1 Å². The second kappa shape index (κ2) is 9.23. The van der Waals surface area contributed by atoms with Crippen LogP contribution in [0.15, 0.2) is 53.1 Å². The largest absolute Gasteiger partial charge is 0.376 e. The van der Waals surface area contributed by atoms with Gasteiger partial charge in [-0.3, -0.25) is 4.90 Å². The SMILES string of the molecule is Cc1ccccc1-c1noc(CNc2ccccc2CN(C)C2CCCCC2)n1. The van der Waals surface area contributed by atoms with Crippen LogP contribution in [0.25, 0.3) is 11.4 Å². The number of anilines is 1. The van der Waals surface area contributed by atoms with Crippen LogP contribution < -0.4 is 5.32 Å². The first-order chi connectivity index (χ1) is 14.2. The molecule has 0 aliphatic heterocycles. The van der Waals surface area contributed by atoms with Crippen LogP contribution in [0.4, 0.5) is 5.69 Å². The Balaban J connectivity index is 1.41. The van der Waals surface area contributed by atoms with Crippen molar-refractivity contribution in [1.82, 2.24) is 15.0 Å². The third-order valence-corrected chi connectivity index (χ3v) is 5.92. The van der Waals surface area contributed by atoms with Crippen LogP contribution >= 0.6 is 0 Å². The molecule has 2 aromatic carbocycles. The third kappa shape index (κ3) is 4.85. The van der Waals surface area contributed by atoms with E-state index in [9.17, 15) is 0 Å². The average molecular weight is 391 g/mol.